The lowest BCUT2D eigenvalue weighted by molar-refractivity contribution is 0.218. The summed E-state index contributed by atoms with van der Waals surface area (Å²) in [7, 11) is 0. The number of pyridine rings is 2. The molecule has 29 heavy (non-hydrogen) atoms. The van der Waals surface area contributed by atoms with E-state index in [4.69, 9.17) is 27.9 Å². The van der Waals surface area contributed by atoms with Crippen molar-refractivity contribution in [1.29, 1.82) is 0 Å². The zero-order chi connectivity index (χ0) is 20.0. The first-order chi connectivity index (χ1) is 14.1. The quantitative estimate of drug-likeness (QED) is 0.463. The summed E-state index contributed by atoms with van der Waals surface area (Å²) < 4.78 is 8.00. The lowest BCUT2D eigenvalue weighted by Gasteiger charge is -2.16. The van der Waals surface area contributed by atoms with Crippen LogP contribution in [0, 0.1) is 5.92 Å². The van der Waals surface area contributed by atoms with E-state index in [-0.39, 0.29) is 6.10 Å². The van der Waals surface area contributed by atoms with Gasteiger partial charge in [0.15, 0.2) is 0 Å². The first-order valence-corrected chi connectivity index (χ1v) is 10.2. The maximum atomic E-state index is 6.24. The summed E-state index contributed by atoms with van der Waals surface area (Å²) in [4.78, 5) is 8.65. The molecule has 1 aliphatic rings. The fourth-order valence-corrected chi connectivity index (χ4v) is 4.02. The van der Waals surface area contributed by atoms with Gasteiger partial charge in [-0.1, -0.05) is 23.2 Å². The largest absolute Gasteiger partial charge is 0.470 e. The number of rotatable bonds is 6. The monoisotopic (exact) mass is 428 g/mol. The molecule has 4 aromatic rings. The molecule has 0 aliphatic heterocycles. The van der Waals surface area contributed by atoms with Crippen LogP contribution in [0.15, 0.2) is 36.9 Å². The molecule has 1 N–H and O–H groups in total. The summed E-state index contributed by atoms with van der Waals surface area (Å²) in [5.74, 6) is 1.21. The summed E-state index contributed by atoms with van der Waals surface area (Å²) in [6.45, 7) is 2.83. The summed E-state index contributed by atoms with van der Waals surface area (Å²) in [5, 5.41) is 12.8. The van der Waals surface area contributed by atoms with Crippen LogP contribution in [0.4, 0.5) is 0 Å². The van der Waals surface area contributed by atoms with Crippen LogP contribution in [0.25, 0.3) is 22.3 Å². The first kappa shape index (κ1) is 18.4. The second-order valence-corrected chi connectivity index (χ2v) is 8.10. The van der Waals surface area contributed by atoms with Crippen LogP contribution >= 0.6 is 23.2 Å². The summed E-state index contributed by atoms with van der Waals surface area (Å²) in [5.41, 5.74) is 3.91. The highest BCUT2D eigenvalue weighted by molar-refractivity contribution is 6.35. The molecule has 0 amide bonds. The Morgan fingerprint density at radius 3 is 2.76 bits per heavy atom. The van der Waals surface area contributed by atoms with Crippen molar-refractivity contribution in [1.82, 2.24) is 29.9 Å². The van der Waals surface area contributed by atoms with Crippen molar-refractivity contribution in [2.24, 2.45) is 5.92 Å². The fourth-order valence-electron chi connectivity index (χ4n) is 3.35. The van der Waals surface area contributed by atoms with Crippen LogP contribution in [0.5, 0.6) is 5.88 Å². The lowest BCUT2D eigenvalue weighted by atomic mass is 10.2. The molecule has 1 saturated carbocycles. The molecule has 1 fully saturated rings. The fraction of sp³-hybridized carbons (Fsp3) is 0.300. The summed E-state index contributed by atoms with van der Waals surface area (Å²) in [6.07, 6.45) is 9.12. The molecule has 5 rings (SSSR count). The molecule has 0 radical (unpaired) electrons. The van der Waals surface area contributed by atoms with Gasteiger partial charge in [-0.25, -0.2) is 4.98 Å². The van der Waals surface area contributed by atoms with Gasteiger partial charge >= 0.3 is 0 Å². The van der Waals surface area contributed by atoms with E-state index in [0.29, 0.717) is 21.5 Å². The van der Waals surface area contributed by atoms with Crippen molar-refractivity contribution in [3.8, 4) is 17.1 Å². The number of halogens is 2. The van der Waals surface area contributed by atoms with E-state index in [1.165, 1.54) is 12.8 Å². The van der Waals surface area contributed by atoms with Gasteiger partial charge in [0.25, 0.3) is 0 Å². The zero-order valence-corrected chi connectivity index (χ0v) is 17.2. The molecule has 4 aromatic heterocycles. The number of nitrogens with zero attached hydrogens (tertiary/aromatic N) is 5. The van der Waals surface area contributed by atoms with Gasteiger partial charge in [-0.2, -0.15) is 10.2 Å². The maximum absolute atomic E-state index is 6.24. The highest BCUT2D eigenvalue weighted by atomic mass is 35.5. The third-order valence-electron chi connectivity index (χ3n) is 5.03. The maximum Gasteiger partial charge on any atom is 0.214 e. The minimum absolute atomic E-state index is 0.389. The number of H-pyrrole nitrogens is 1. The van der Waals surface area contributed by atoms with Crippen LogP contribution in [0.1, 0.15) is 31.4 Å². The number of aromatic nitrogens is 6. The minimum Gasteiger partial charge on any atom is -0.470 e. The van der Waals surface area contributed by atoms with Gasteiger partial charge in [0.05, 0.1) is 21.8 Å². The minimum atomic E-state index is -0.389. The molecule has 0 bridgehead atoms. The van der Waals surface area contributed by atoms with Gasteiger partial charge in [0.1, 0.15) is 17.3 Å². The van der Waals surface area contributed by atoms with E-state index >= 15 is 0 Å². The van der Waals surface area contributed by atoms with E-state index in [1.54, 1.807) is 18.5 Å². The van der Waals surface area contributed by atoms with Crippen molar-refractivity contribution < 1.29 is 4.74 Å². The summed E-state index contributed by atoms with van der Waals surface area (Å²) >= 11 is 12.5. The predicted molar refractivity (Wildman–Crippen MR) is 111 cm³/mol. The standard InChI is InChI=1S/C20H18Cl2N6O/c1-11(18-14(21)7-23-8-15(18)22)29-17-5-4-16-20(25-17)19(27-26-16)13-6-24-28(10-13)9-12-2-3-12/h4-8,10-12H,2-3,9H2,1H3,(H,26,27)/t11-/m1/s1. The highest BCUT2D eigenvalue weighted by Gasteiger charge is 2.23. The molecule has 0 unspecified atom stereocenters. The average Bonchev–Trinajstić information content (AvgIpc) is 3.21. The molecule has 1 atom stereocenters. The number of aromatic amines is 1. The van der Waals surface area contributed by atoms with Gasteiger partial charge in [0.2, 0.25) is 5.88 Å². The lowest BCUT2D eigenvalue weighted by Crippen LogP contribution is -2.06. The van der Waals surface area contributed by atoms with Crippen molar-refractivity contribution in [2.75, 3.05) is 0 Å². The van der Waals surface area contributed by atoms with E-state index < -0.39 is 0 Å². The van der Waals surface area contributed by atoms with Crippen molar-refractivity contribution in [2.45, 2.75) is 32.4 Å². The molecule has 148 valence electrons. The number of nitrogens with one attached hydrogen (secondary N) is 1. The summed E-state index contributed by atoms with van der Waals surface area (Å²) in [6, 6.07) is 3.69. The number of fused-ring (bicyclic) bond motifs is 1. The van der Waals surface area contributed by atoms with Crippen molar-refractivity contribution >= 4 is 34.2 Å². The molecule has 0 spiro atoms. The normalized spacial score (nSPS) is 15.0. The Bertz CT molecular complexity index is 1160. The molecular weight excluding hydrogens is 411 g/mol. The van der Waals surface area contributed by atoms with Crippen molar-refractivity contribution in [3.05, 3.63) is 52.5 Å². The smallest absolute Gasteiger partial charge is 0.214 e. The van der Waals surface area contributed by atoms with Crippen LogP contribution in [0.3, 0.4) is 0 Å². The average molecular weight is 429 g/mol. The second-order valence-electron chi connectivity index (χ2n) is 7.29. The predicted octanol–water partition coefficient (Wildman–Crippen LogP) is 5.07. The van der Waals surface area contributed by atoms with Crippen LogP contribution in [-0.4, -0.2) is 29.9 Å². The molecule has 7 nitrogen and oxygen atoms in total. The van der Waals surface area contributed by atoms with E-state index in [0.717, 1.165) is 34.8 Å². The molecular formula is C20H18Cl2N6O. The van der Waals surface area contributed by atoms with Gasteiger partial charge in [-0.3, -0.25) is 14.8 Å². The van der Waals surface area contributed by atoms with E-state index in [2.05, 4.69) is 25.3 Å². The second kappa shape index (κ2) is 7.31. The van der Waals surface area contributed by atoms with Gasteiger partial charge in [-0.15, -0.1) is 0 Å². The van der Waals surface area contributed by atoms with Gasteiger partial charge < -0.3 is 4.74 Å². The number of ether oxygens (including phenoxy) is 1. The molecule has 1 aliphatic carbocycles. The highest BCUT2D eigenvalue weighted by Crippen LogP contribution is 2.34. The van der Waals surface area contributed by atoms with Crippen LogP contribution < -0.4 is 4.74 Å². The third kappa shape index (κ3) is 3.68. The first-order valence-electron chi connectivity index (χ1n) is 9.42. The molecule has 4 heterocycles. The molecule has 9 heteroatoms. The van der Waals surface area contributed by atoms with E-state index in [9.17, 15) is 0 Å². The Labute approximate surface area is 177 Å². The number of hydrogen-bond donors (Lipinski definition) is 1. The van der Waals surface area contributed by atoms with Crippen LogP contribution in [0.2, 0.25) is 10.0 Å². The Morgan fingerprint density at radius 1 is 1.21 bits per heavy atom. The molecule has 0 aromatic carbocycles. The van der Waals surface area contributed by atoms with Gasteiger partial charge in [-0.05, 0) is 31.7 Å². The number of hydrogen-bond acceptors (Lipinski definition) is 5. The Kier molecular flexibility index (Phi) is 4.64. The third-order valence-corrected chi connectivity index (χ3v) is 5.63. The van der Waals surface area contributed by atoms with Gasteiger partial charge in [0, 0.05) is 42.3 Å². The SMILES string of the molecule is C[C@@H](Oc1ccc2[nH]nc(-c3cnn(CC4CC4)c3)c2n1)c1c(Cl)cncc1Cl. The Morgan fingerprint density at radius 2 is 2.00 bits per heavy atom. The van der Waals surface area contributed by atoms with Crippen molar-refractivity contribution in [3.63, 3.8) is 0 Å². The molecule has 0 saturated heterocycles. The van der Waals surface area contributed by atoms with Crippen LogP contribution in [-0.2, 0) is 6.54 Å². The topological polar surface area (TPSA) is 81.5 Å². The Hall–Kier alpha value is -2.64. The Balaban J connectivity index is 1.44. The zero-order valence-electron chi connectivity index (χ0n) is 15.6. The van der Waals surface area contributed by atoms with E-state index in [1.807, 2.05) is 30.1 Å².